The second-order valence-electron chi connectivity index (χ2n) is 4.38. The van der Waals surface area contributed by atoms with Gasteiger partial charge in [-0.15, -0.1) is 0 Å². The summed E-state index contributed by atoms with van der Waals surface area (Å²) in [7, 11) is 1.41. The summed E-state index contributed by atoms with van der Waals surface area (Å²) in [5.74, 6) is 0.234. The first-order chi connectivity index (χ1) is 10.6. The first-order valence-electron chi connectivity index (χ1n) is 6.29. The molecule has 1 N–H and O–H groups in total. The summed E-state index contributed by atoms with van der Waals surface area (Å²) in [5, 5.41) is 29.9. The molecule has 0 unspecified atom stereocenters. The molecule has 6 heteroatoms. The highest BCUT2D eigenvalue weighted by Gasteiger charge is 2.16. The zero-order valence-corrected chi connectivity index (χ0v) is 11.7. The summed E-state index contributed by atoms with van der Waals surface area (Å²) in [6.07, 6.45) is 1.50. The Bertz CT molecular complexity index is 791. The predicted octanol–water partition coefficient (Wildman–Crippen LogP) is 3.37. The van der Waals surface area contributed by atoms with Gasteiger partial charge in [0.15, 0.2) is 11.5 Å². The van der Waals surface area contributed by atoms with Crippen LogP contribution < -0.4 is 4.74 Å². The number of hydrogen-bond donors (Lipinski definition) is 1. The number of nitro groups is 1. The number of nitro benzene ring substituents is 1. The average molecular weight is 296 g/mol. The summed E-state index contributed by atoms with van der Waals surface area (Å²) in [4.78, 5) is 10.5. The standard InChI is InChI=1S/C16H12N2O4/c1-22-16-9-11(6-7-15(16)19)8-12(10-17)13-4-2-3-5-14(13)18(20)21/h2-9,19H,1H3/b12-8+. The van der Waals surface area contributed by atoms with Crippen molar-refractivity contribution >= 4 is 17.3 Å². The lowest BCUT2D eigenvalue weighted by Crippen LogP contribution is -1.94. The number of nitrogens with zero attached hydrogens (tertiary/aromatic N) is 2. The van der Waals surface area contributed by atoms with Crippen LogP contribution >= 0.6 is 0 Å². The number of phenols is 1. The number of benzene rings is 2. The fourth-order valence-corrected chi connectivity index (χ4v) is 1.98. The number of hydrogen-bond acceptors (Lipinski definition) is 5. The fourth-order valence-electron chi connectivity index (χ4n) is 1.98. The molecule has 0 saturated carbocycles. The van der Waals surface area contributed by atoms with Crippen molar-refractivity contribution in [1.29, 1.82) is 5.26 Å². The highest BCUT2D eigenvalue weighted by molar-refractivity contribution is 5.92. The highest BCUT2D eigenvalue weighted by atomic mass is 16.6. The lowest BCUT2D eigenvalue weighted by molar-refractivity contribution is -0.385. The van der Waals surface area contributed by atoms with Crippen LogP contribution in [0.2, 0.25) is 0 Å². The van der Waals surface area contributed by atoms with Gasteiger partial charge >= 0.3 is 0 Å². The number of para-hydroxylation sites is 1. The van der Waals surface area contributed by atoms with Crippen LogP contribution in [0.4, 0.5) is 5.69 Å². The number of ether oxygens (including phenoxy) is 1. The molecule has 0 aliphatic carbocycles. The topological polar surface area (TPSA) is 96.4 Å². The SMILES string of the molecule is COc1cc(/C=C(\C#N)c2ccccc2[N+](=O)[O-])ccc1O. The number of rotatable bonds is 4. The van der Waals surface area contributed by atoms with E-state index in [9.17, 15) is 20.5 Å². The van der Waals surface area contributed by atoms with E-state index in [0.29, 0.717) is 5.56 Å². The zero-order chi connectivity index (χ0) is 16.1. The van der Waals surface area contributed by atoms with Gasteiger partial charge in [0.25, 0.3) is 5.69 Å². The van der Waals surface area contributed by atoms with Gasteiger partial charge in [-0.25, -0.2) is 0 Å². The van der Waals surface area contributed by atoms with Gasteiger partial charge in [0.2, 0.25) is 0 Å². The highest BCUT2D eigenvalue weighted by Crippen LogP contribution is 2.30. The fraction of sp³-hybridized carbons (Fsp3) is 0.0625. The smallest absolute Gasteiger partial charge is 0.277 e. The largest absolute Gasteiger partial charge is 0.504 e. The van der Waals surface area contributed by atoms with Gasteiger partial charge in [-0.2, -0.15) is 5.26 Å². The molecule has 0 saturated heterocycles. The third-order valence-electron chi connectivity index (χ3n) is 3.03. The summed E-state index contributed by atoms with van der Waals surface area (Å²) >= 11 is 0. The maximum absolute atomic E-state index is 11.1. The minimum atomic E-state index is -0.530. The first kappa shape index (κ1) is 15.1. The second-order valence-corrected chi connectivity index (χ2v) is 4.38. The molecule has 0 amide bonds. The Morgan fingerprint density at radius 3 is 2.73 bits per heavy atom. The van der Waals surface area contributed by atoms with Crippen LogP contribution in [-0.4, -0.2) is 17.1 Å². The van der Waals surface area contributed by atoms with Crippen LogP contribution in [0.25, 0.3) is 11.6 Å². The number of aromatic hydroxyl groups is 1. The molecule has 0 heterocycles. The molecule has 6 nitrogen and oxygen atoms in total. The Labute approximate surface area is 126 Å². The average Bonchev–Trinajstić information content (AvgIpc) is 2.54. The third kappa shape index (κ3) is 3.04. The van der Waals surface area contributed by atoms with E-state index in [1.807, 2.05) is 6.07 Å². The van der Waals surface area contributed by atoms with Gasteiger partial charge in [0.1, 0.15) is 6.07 Å². The summed E-state index contributed by atoms with van der Waals surface area (Å²) < 4.78 is 5.00. The molecule has 0 spiro atoms. The number of nitriles is 1. The van der Waals surface area contributed by atoms with Crippen molar-refractivity contribution in [3.05, 3.63) is 63.7 Å². The molecule has 0 aromatic heterocycles. The van der Waals surface area contributed by atoms with Gasteiger partial charge in [-0.05, 0) is 29.8 Å². The Hall–Kier alpha value is -3.33. The Morgan fingerprint density at radius 1 is 1.36 bits per heavy atom. The van der Waals surface area contributed by atoms with Crippen molar-refractivity contribution < 1.29 is 14.8 Å². The van der Waals surface area contributed by atoms with E-state index in [0.717, 1.165) is 0 Å². The van der Waals surface area contributed by atoms with Crippen molar-refractivity contribution in [1.82, 2.24) is 0 Å². The molecule has 110 valence electrons. The van der Waals surface area contributed by atoms with E-state index in [-0.39, 0.29) is 28.3 Å². The molecule has 2 rings (SSSR count). The van der Waals surface area contributed by atoms with Gasteiger partial charge in [0.05, 0.1) is 23.2 Å². The normalized spacial score (nSPS) is 10.8. The molecule has 0 fully saturated rings. The second kappa shape index (κ2) is 6.41. The molecular formula is C16H12N2O4. The van der Waals surface area contributed by atoms with Gasteiger partial charge in [-0.1, -0.05) is 18.2 Å². The number of allylic oxidation sites excluding steroid dienone is 1. The predicted molar refractivity (Wildman–Crippen MR) is 81.2 cm³/mol. The first-order valence-corrected chi connectivity index (χ1v) is 6.29. The minimum Gasteiger partial charge on any atom is -0.504 e. The van der Waals surface area contributed by atoms with Crippen LogP contribution in [0.1, 0.15) is 11.1 Å². The van der Waals surface area contributed by atoms with Crippen molar-refractivity contribution in [2.24, 2.45) is 0 Å². The molecule has 0 bridgehead atoms. The molecule has 2 aromatic rings. The van der Waals surface area contributed by atoms with Gasteiger partial charge in [-0.3, -0.25) is 10.1 Å². The monoisotopic (exact) mass is 296 g/mol. The number of methoxy groups -OCH3 is 1. The van der Waals surface area contributed by atoms with Gasteiger partial charge < -0.3 is 9.84 Å². The Kier molecular flexibility index (Phi) is 4.39. The lowest BCUT2D eigenvalue weighted by atomic mass is 10.0. The summed E-state index contributed by atoms with van der Waals surface area (Å²) in [6.45, 7) is 0. The Morgan fingerprint density at radius 2 is 2.09 bits per heavy atom. The maximum Gasteiger partial charge on any atom is 0.277 e. The van der Waals surface area contributed by atoms with E-state index < -0.39 is 4.92 Å². The van der Waals surface area contributed by atoms with E-state index in [1.54, 1.807) is 24.3 Å². The van der Waals surface area contributed by atoms with Crippen molar-refractivity contribution in [3.8, 4) is 17.6 Å². The quantitative estimate of drug-likeness (QED) is 0.404. The molecule has 0 radical (unpaired) electrons. The van der Waals surface area contributed by atoms with Gasteiger partial charge in [0, 0.05) is 6.07 Å². The summed E-state index contributed by atoms with van der Waals surface area (Å²) in [6, 6.07) is 12.6. The van der Waals surface area contributed by atoms with Crippen molar-refractivity contribution in [3.63, 3.8) is 0 Å². The number of phenolic OH excluding ortho intramolecular Hbond substituents is 1. The van der Waals surface area contributed by atoms with Crippen molar-refractivity contribution in [2.75, 3.05) is 7.11 Å². The molecule has 2 aromatic carbocycles. The molecule has 0 aliphatic heterocycles. The maximum atomic E-state index is 11.1. The van der Waals surface area contributed by atoms with E-state index in [4.69, 9.17) is 4.74 Å². The Balaban J connectivity index is 2.54. The van der Waals surface area contributed by atoms with E-state index >= 15 is 0 Å². The van der Waals surface area contributed by atoms with E-state index in [2.05, 4.69) is 0 Å². The van der Waals surface area contributed by atoms with Crippen LogP contribution in [0.15, 0.2) is 42.5 Å². The van der Waals surface area contributed by atoms with Crippen LogP contribution in [0.3, 0.4) is 0 Å². The minimum absolute atomic E-state index is 0.0242. The van der Waals surface area contributed by atoms with Crippen LogP contribution in [0, 0.1) is 21.4 Å². The summed E-state index contributed by atoms with van der Waals surface area (Å²) in [5.41, 5.74) is 0.840. The zero-order valence-electron chi connectivity index (χ0n) is 11.7. The van der Waals surface area contributed by atoms with E-state index in [1.165, 1.54) is 31.4 Å². The van der Waals surface area contributed by atoms with Crippen molar-refractivity contribution in [2.45, 2.75) is 0 Å². The molecule has 0 atom stereocenters. The molecular weight excluding hydrogens is 284 g/mol. The molecule has 0 aliphatic rings. The third-order valence-corrected chi connectivity index (χ3v) is 3.03. The van der Waals surface area contributed by atoms with Crippen LogP contribution in [-0.2, 0) is 0 Å². The lowest BCUT2D eigenvalue weighted by Gasteiger charge is -2.05. The van der Waals surface area contributed by atoms with Crippen LogP contribution in [0.5, 0.6) is 11.5 Å². The molecule has 22 heavy (non-hydrogen) atoms.